The largest absolute Gasteiger partial charge is 0.481 e. The van der Waals surface area contributed by atoms with E-state index in [4.69, 9.17) is 5.11 Å². The van der Waals surface area contributed by atoms with Crippen molar-refractivity contribution in [2.45, 2.75) is 12.3 Å². The second-order valence-electron chi connectivity index (χ2n) is 3.70. The van der Waals surface area contributed by atoms with Crippen LogP contribution in [0.5, 0.6) is 0 Å². The van der Waals surface area contributed by atoms with Gasteiger partial charge in [-0.05, 0) is 26.1 Å². The molecule has 1 unspecified atom stereocenters. The van der Waals surface area contributed by atoms with Crippen LogP contribution in [0.4, 0.5) is 8.78 Å². The van der Waals surface area contributed by atoms with Crippen LogP contribution < -0.4 is 0 Å². The van der Waals surface area contributed by atoms with Crippen molar-refractivity contribution in [2.75, 3.05) is 20.1 Å². The quantitative estimate of drug-likeness (QED) is 0.704. The zero-order valence-corrected chi connectivity index (χ0v) is 7.96. The van der Waals surface area contributed by atoms with E-state index in [9.17, 15) is 13.6 Å². The summed E-state index contributed by atoms with van der Waals surface area (Å²) in [5, 5.41) is 8.89. The number of nitrogens with zero attached hydrogens (tertiary/aromatic N) is 1. The Balaban J connectivity index is 3.06. The van der Waals surface area contributed by atoms with E-state index in [1.807, 2.05) is 0 Å². The fourth-order valence-electron chi connectivity index (χ4n) is 1.79. The molecule has 0 aliphatic carbocycles. The number of carboxylic acids is 1. The summed E-state index contributed by atoms with van der Waals surface area (Å²) in [6.45, 7) is 3.23. The molecule has 0 bridgehead atoms. The van der Waals surface area contributed by atoms with Gasteiger partial charge in [0, 0.05) is 6.54 Å². The normalized spacial score (nSPS) is 29.1. The summed E-state index contributed by atoms with van der Waals surface area (Å²) in [6, 6.07) is 0. The predicted octanol–water partition coefficient (Wildman–Crippen LogP) is 1.21. The van der Waals surface area contributed by atoms with Gasteiger partial charge in [-0.15, -0.1) is 0 Å². The van der Waals surface area contributed by atoms with Crippen molar-refractivity contribution in [2.24, 2.45) is 5.41 Å². The van der Waals surface area contributed by atoms with Crippen LogP contribution in [0.25, 0.3) is 0 Å². The molecule has 1 fully saturated rings. The Hall–Kier alpha value is -0.970. The van der Waals surface area contributed by atoms with Crippen molar-refractivity contribution in [1.82, 2.24) is 4.90 Å². The number of halogens is 2. The molecule has 0 amide bonds. The minimum absolute atomic E-state index is 0.0438. The number of allylic oxidation sites excluding steroid dienone is 1. The number of rotatable bonds is 3. The number of alkyl halides is 2. The molecular formula is C9H13F2NO2. The fraction of sp³-hybridized carbons (Fsp3) is 0.667. The van der Waals surface area contributed by atoms with Crippen LogP contribution in [-0.2, 0) is 4.79 Å². The highest BCUT2D eigenvalue weighted by molar-refractivity contribution is 5.77. The van der Waals surface area contributed by atoms with Crippen LogP contribution in [0, 0.1) is 5.41 Å². The highest BCUT2D eigenvalue weighted by atomic mass is 19.3. The molecule has 5 heteroatoms. The van der Waals surface area contributed by atoms with Crippen molar-refractivity contribution in [1.29, 1.82) is 0 Å². The van der Waals surface area contributed by atoms with E-state index >= 15 is 0 Å². The second-order valence-corrected chi connectivity index (χ2v) is 3.70. The van der Waals surface area contributed by atoms with Gasteiger partial charge in [0.2, 0.25) is 0 Å². The molecular weight excluding hydrogens is 192 g/mol. The van der Waals surface area contributed by atoms with Crippen molar-refractivity contribution in [3.05, 3.63) is 12.7 Å². The van der Waals surface area contributed by atoms with Gasteiger partial charge in [-0.3, -0.25) is 4.79 Å². The molecule has 0 aromatic rings. The number of carboxylic acid groups (broad SMARTS) is 1. The smallest absolute Gasteiger partial charge is 0.317 e. The molecule has 0 aromatic heterocycles. The first-order chi connectivity index (χ1) is 6.35. The second kappa shape index (κ2) is 3.31. The molecule has 14 heavy (non-hydrogen) atoms. The van der Waals surface area contributed by atoms with Gasteiger partial charge in [0.1, 0.15) is 5.41 Å². The number of hydrogen-bond donors (Lipinski definition) is 1. The van der Waals surface area contributed by atoms with E-state index in [-0.39, 0.29) is 13.0 Å². The molecule has 3 nitrogen and oxygen atoms in total. The lowest BCUT2D eigenvalue weighted by atomic mass is 9.80. The fourth-order valence-corrected chi connectivity index (χ4v) is 1.79. The first-order valence-electron chi connectivity index (χ1n) is 4.29. The van der Waals surface area contributed by atoms with E-state index in [2.05, 4.69) is 6.58 Å². The van der Waals surface area contributed by atoms with Crippen molar-refractivity contribution in [3.8, 4) is 0 Å². The summed E-state index contributed by atoms with van der Waals surface area (Å²) in [4.78, 5) is 12.5. The van der Waals surface area contributed by atoms with Crippen LogP contribution >= 0.6 is 0 Å². The molecule has 1 saturated heterocycles. The summed E-state index contributed by atoms with van der Waals surface area (Å²) in [5.41, 5.74) is -2.00. The van der Waals surface area contributed by atoms with Crippen LogP contribution in [0.1, 0.15) is 6.42 Å². The Morgan fingerprint density at radius 1 is 1.71 bits per heavy atom. The standard InChI is InChI=1S/C9H13F2NO2/c1-3-9(10,11)8(7(13)14)4-5-12(2)6-8/h3H,1,4-6H2,2H3,(H,13,14). The van der Waals surface area contributed by atoms with Crippen LogP contribution in [0.15, 0.2) is 12.7 Å². The molecule has 1 rings (SSSR count). The zero-order chi connectivity index (χ0) is 11.0. The average Bonchev–Trinajstić information content (AvgIpc) is 2.49. The predicted molar refractivity (Wildman–Crippen MR) is 47.3 cm³/mol. The number of likely N-dealkylation sites (tertiary alicyclic amines) is 1. The topological polar surface area (TPSA) is 40.5 Å². The van der Waals surface area contributed by atoms with Gasteiger partial charge < -0.3 is 10.0 Å². The number of carbonyl (C=O) groups is 1. The molecule has 0 spiro atoms. The molecule has 0 radical (unpaired) electrons. The maximum Gasteiger partial charge on any atom is 0.317 e. The zero-order valence-electron chi connectivity index (χ0n) is 7.96. The number of hydrogen-bond acceptors (Lipinski definition) is 2. The molecule has 1 heterocycles. The van der Waals surface area contributed by atoms with Gasteiger partial charge >= 0.3 is 5.97 Å². The Morgan fingerprint density at radius 2 is 2.29 bits per heavy atom. The monoisotopic (exact) mass is 205 g/mol. The lowest BCUT2D eigenvalue weighted by Gasteiger charge is -2.30. The van der Waals surface area contributed by atoms with E-state index in [0.717, 1.165) is 0 Å². The highest BCUT2D eigenvalue weighted by Crippen LogP contribution is 2.44. The number of aliphatic carboxylic acids is 1. The van der Waals surface area contributed by atoms with Crippen LogP contribution in [0.3, 0.4) is 0 Å². The molecule has 0 aromatic carbocycles. The van der Waals surface area contributed by atoms with Gasteiger partial charge in [0.25, 0.3) is 5.92 Å². The first kappa shape index (κ1) is 11.1. The molecule has 0 saturated carbocycles. The highest BCUT2D eigenvalue weighted by Gasteiger charge is 2.60. The van der Waals surface area contributed by atoms with Crippen molar-refractivity contribution >= 4 is 5.97 Å². The molecule has 1 atom stereocenters. The van der Waals surface area contributed by atoms with Gasteiger partial charge in [-0.25, -0.2) is 8.78 Å². The average molecular weight is 205 g/mol. The third-order valence-corrected chi connectivity index (χ3v) is 2.76. The SMILES string of the molecule is C=CC(F)(F)C1(C(=O)O)CCN(C)C1. The molecule has 80 valence electrons. The van der Waals surface area contributed by atoms with Gasteiger partial charge in [0.15, 0.2) is 0 Å². The van der Waals surface area contributed by atoms with Gasteiger partial charge in [-0.1, -0.05) is 6.58 Å². The third kappa shape index (κ3) is 1.41. The van der Waals surface area contributed by atoms with E-state index < -0.39 is 17.3 Å². The van der Waals surface area contributed by atoms with Gasteiger partial charge in [-0.2, -0.15) is 0 Å². The Labute approximate surface area is 81.0 Å². The summed E-state index contributed by atoms with van der Waals surface area (Å²) in [7, 11) is 1.63. The van der Waals surface area contributed by atoms with E-state index in [0.29, 0.717) is 12.6 Å². The third-order valence-electron chi connectivity index (χ3n) is 2.76. The van der Waals surface area contributed by atoms with Crippen LogP contribution in [-0.4, -0.2) is 42.0 Å². The van der Waals surface area contributed by atoms with E-state index in [1.165, 1.54) is 0 Å². The lowest BCUT2D eigenvalue weighted by Crippen LogP contribution is -2.48. The van der Waals surface area contributed by atoms with Crippen LogP contribution in [0.2, 0.25) is 0 Å². The maximum absolute atomic E-state index is 13.4. The minimum Gasteiger partial charge on any atom is -0.481 e. The van der Waals surface area contributed by atoms with Gasteiger partial charge in [0.05, 0.1) is 0 Å². The summed E-state index contributed by atoms with van der Waals surface area (Å²) >= 11 is 0. The Bertz CT molecular complexity index is 268. The lowest BCUT2D eigenvalue weighted by molar-refractivity contribution is -0.167. The molecule has 1 aliphatic heterocycles. The summed E-state index contributed by atoms with van der Waals surface area (Å²) < 4.78 is 26.8. The Kier molecular flexibility index (Phi) is 2.63. The minimum atomic E-state index is -3.36. The first-order valence-corrected chi connectivity index (χ1v) is 4.29. The summed E-state index contributed by atoms with van der Waals surface area (Å²) in [5.74, 6) is -4.81. The van der Waals surface area contributed by atoms with Crippen molar-refractivity contribution < 1.29 is 18.7 Å². The molecule has 1 N–H and O–H groups in total. The summed E-state index contributed by atoms with van der Waals surface area (Å²) in [6.07, 6.45) is 0.387. The maximum atomic E-state index is 13.4. The molecule has 1 aliphatic rings. The van der Waals surface area contributed by atoms with Crippen molar-refractivity contribution in [3.63, 3.8) is 0 Å². The Morgan fingerprint density at radius 3 is 2.57 bits per heavy atom. The van der Waals surface area contributed by atoms with E-state index in [1.54, 1.807) is 11.9 Å².